The fraction of sp³-hybridized carbons (Fsp3) is 0.556. The van der Waals surface area contributed by atoms with E-state index in [1.807, 2.05) is 37.3 Å². The number of rotatable bonds is 6. The predicted molar refractivity (Wildman–Crippen MR) is 92.9 cm³/mol. The molecule has 1 N–H and O–H groups in total. The third kappa shape index (κ3) is 4.96. The third-order valence-electron chi connectivity index (χ3n) is 4.46. The lowest BCUT2D eigenvalue weighted by atomic mass is 9.96. The topological polar surface area (TPSA) is 61.9 Å². The first kappa shape index (κ1) is 18.3. The molecule has 24 heavy (non-hydrogen) atoms. The normalized spacial score (nSPS) is 16.5. The Labute approximate surface area is 143 Å². The van der Waals surface area contributed by atoms with Crippen LogP contribution < -0.4 is 5.32 Å². The summed E-state index contributed by atoms with van der Waals surface area (Å²) in [5, 5.41) is 3.04. The highest BCUT2D eigenvalue weighted by Crippen LogP contribution is 2.19. The summed E-state index contributed by atoms with van der Waals surface area (Å²) in [5.74, 6) is -0.0146. The molecule has 0 radical (unpaired) electrons. The monoisotopic (exact) mass is 333 g/mol. The Hall–Kier alpha value is -2.08. The van der Waals surface area contributed by atoms with E-state index in [0.717, 1.165) is 31.6 Å². The molecule has 1 saturated heterocycles. The second kappa shape index (κ2) is 9.27. The van der Waals surface area contributed by atoms with Crippen molar-refractivity contribution in [2.75, 3.05) is 46.4 Å². The van der Waals surface area contributed by atoms with E-state index >= 15 is 0 Å². The van der Waals surface area contributed by atoms with E-state index < -0.39 is 0 Å². The Kier molecular flexibility index (Phi) is 7.06. The van der Waals surface area contributed by atoms with Gasteiger partial charge in [0.25, 0.3) is 0 Å². The molecule has 1 atom stereocenters. The molecule has 1 aromatic rings. The van der Waals surface area contributed by atoms with E-state index in [4.69, 9.17) is 4.74 Å². The minimum atomic E-state index is -0.267. The van der Waals surface area contributed by atoms with Crippen LogP contribution in [-0.2, 0) is 9.53 Å². The molecule has 132 valence electrons. The van der Waals surface area contributed by atoms with Crippen molar-refractivity contribution in [3.63, 3.8) is 0 Å². The predicted octanol–water partition coefficient (Wildman–Crippen LogP) is 1.68. The lowest BCUT2D eigenvalue weighted by molar-refractivity contribution is -0.122. The van der Waals surface area contributed by atoms with Crippen LogP contribution in [0.25, 0.3) is 0 Å². The van der Waals surface area contributed by atoms with Crippen molar-refractivity contribution in [2.24, 2.45) is 0 Å². The Morgan fingerprint density at radius 1 is 1.17 bits per heavy atom. The van der Waals surface area contributed by atoms with Crippen LogP contribution in [0.5, 0.6) is 0 Å². The molecule has 0 bridgehead atoms. The van der Waals surface area contributed by atoms with Gasteiger partial charge in [-0.15, -0.1) is 0 Å². The average Bonchev–Trinajstić information content (AvgIpc) is 2.63. The standard InChI is InChI=1S/C18H27N3O3/c1-3-16(15-7-5-4-6-8-15)17(22)19-9-10-20-11-13-21(14-12-20)18(23)24-2/h4-8,16H,3,9-14H2,1-2H3,(H,19,22). The van der Waals surface area contributed by atoms with Gasteiger partial charge in [-0.2, -0.15) is 0 Å². The zero-order chi connectivity index (χ0) is 17.4. The molecule has 0 aromatic heterocycles. The summed E-state index contributed by atoms with van der Waals surface area (Å²) in [5.41, 5.74) is 1.06. The quantitative estimate of drug-likeness (QED) is 0.860. The summed E-state index contributed by atoms with van der Waals surface area (Å²) in [4.78, 5) is 27.8. The molecule has 2 rings (SSSR count). The molecule has 1 aliphatic heterocycles. The first-order valence-corrected chi connectivity index (χ1v) is 8.53. The van der Waals surface area contributed by atoms with Gasteiger partial charge >= 0.3 is 6.09 Å². The maximum absolute atomic E-state index is 12.4. The van der Waals surface area contributed by atoms with Crippen LogP contribution in [0.2, 0.25) is 0 Å². The molecule has 1 fully saturated rings. The SMILES string of the molecule is CCC(C(=O)NCCN1CCN(C(=O)OC)CC1)c1ccccc1. The van der Waals surface area contributed by atoms with E-state index in [2.05, 4.69) is 10.2 Å². The van der Waals surface area contributed by atoms with Gasteiger partial charge < -0.3 is 15.0 Å². The van der Waals surface area contributed by atoms with E-state index in [1.165, 1.54) is 7.11 Å². The van der Waals surface area contributed by atoms with Gasteiger partial charge in [-0.3, -0.25) is 9.69 Å². The lowest BCUT2D eigenvalue weighted by Gasteiger charge is -2.33. The summed E-state index contributed by atoms with van der Waals surface area (Å²) in [6.45, 7) is 6.40. The number of piperazine rings is 1. The van der Waals surface area contributed by atoms with E-state index in [9.17, 15) is 9.59 Å². The molecular formula is C18H27N3O3. The number of ether oxygens (including phenoxy) is 1. The van der Waals surface area contributed by atoms with Crippen molar-refractivity contribution < 1.29 is 14.3 Å². The van der Waals surface area contributed by atoms with Gasteiger partial charge in [0.2, 0.25) is 5.91 Å². The van der Waals surface area contributed by atoms with Gasteiger partial charge in [-0.05, 0) is 12.0 Å². The Bertz CT molecular complexity index is 528. The van der Waals surface area contributed by atoms with Gasteiger partial charge in [0.15, 0.2) is 0 Å². The number of carbonyl (C=O) groups is 2. The van der Waals surface area contributed by atoms with E-state index in [-0.39, 0.29) is 17.9 Å². The van der Waals surface area contributed by atoms with Crippen LogP contribution in [-0.4, -0.2) is 68.2 Å². The van der Waals surface area contributed by atoms with Crippen LogP contribution in [0, 0.1) is 0 Å². The molecular weight excluding hydrogens is 306 g/mol. The van der Waals surface area contributed by atoms with Gasteiger partial charge in [0.1, 0.15) is 0 Å². The molecule has 1 aliphatic rings. The number of nitrogens with one attached hydrogen (secondary N) is 1. The maximum atomic E-state index is 12.4. The minimum absolute atomic E-state index is 0.0805. The Morgan fingerprint density at radius 3 is 2.42 bits per heavy atom. The molecule has 0 saturated carbocycles. The van der Waals surface area contributed by atoms with Gasteiger partial charge in [-0.1, -0.05) is 37.3 Å². The number of hydrogen-bond acceptors (Lipinski definition) is 4. The number of amides is 2. The average molecular weight is 333 g/mol. The molecule has 1 heterocycles. The zero-order valence-electron chi connectivity index (χ0n) is 14.5. The second-order valence-electron chi connectivity index (χ2n) is 5.96. The van der Waals surface area contributed by atoms with Crippen LogP contribution in [0.1, 0.15) is 24.8 Å². The van der Waals surface area contributed by atoms with Crippen LogP contribution in [0.15, 0.2) is 30.3 Å². The molecule has 6 heteroatoms. The molecule has 2 amide bonds. The lowest BCUT2D eigenvalue weighted by Crippen LogP contribution is -2.50. The Balaban J connectivity index is 1.72. The van der Waals surface area contributed by atoms with Crippen LogP contribution in [0.3, 0.4) is 0 Å². The smallest absolute Gasteiger partial charge is 0.409 e. The van der Waals surface area contributed by atoms with Crippen molar-refractivity contribution >= 4 is 12.0 Å². The van der Waals surface area contributed by atoms with Gasteiger partial charge in [0.05, 0.1) is 13.0 Å². The van der Waals surface area contributed by atoms with Crippen molar-refractivity contribution in [3.8, 4) is 0 Å². The van der Waals surface area contributed by atoms with Gasteiger partial charge in [0, 0.05) is 39.3 Å². The third-order valence-corrected chi connectivity index (χ3v) is 4.46. The van der Waals surface area contributed by atoms with E-state index in [0.29, 0.717) is 19.6 Å². The van der Waals surface area contributed by atoms with E-state index in [1.54, 1.807) is 4.90 Å². The van der Waals surface area contributed by atoms with Gasteiger partial charge in [-0.25, -0.2) is 4.79 Å². The van der Waals surface area contributed by atoms with Crippen molar-refractivity contribution in [3.05, 3.63) is 35.9 Å². The molecule has 0 spiro atoms. The molecule has 6 nitrogen and oxygen atoms in total. The van der Waals surface area contributed by atoms with Crippen LogP contribution in [0.4, 0.5) is 4.79 Å². The van der Waals surface area contributed by atoms with Crippen molar-refractivity contribution in [1.82, 2.24) is 15.1 Å². The number of hydrogen-bond donors (Lipinski definition) is 1. The summed E-state index contributed by atoms with van der Waals surface area (Å²) < 4.78 is 4.73. The fourth-order valence-electron chi connectivity index (χ4n) is 3.00. The number of benzene rings is 1. The number of methoxy groups -OCH3 is 1. The Morgan fingerprint density at radius 2 is 1.83 bits per heavy atom. The fourth-order valence-corrected chi connectivity index (χ4v) is 3.00. The zero-order valence-corrected chi connectivity index (χ0v) is 14.5. The summed E-state index contributed by atoms with van der Waals surface area (Å²) in [7, 11) is 1.40. The number of carbonyl (C=O) groups excluding carboxylic acids is 2. The van der Waals surface area contributed by atoms with Crippen LogP contribution >= 0.6 is 0 Å². The first-order chi connectivity index (χ1) is 11.7. The summed E-state index contributed by atoms with van der Waals surface area (Å²) >= 11 is 0. The molecule has 0 aliphatic carbocycles. The molecule has 1 unspecified atom stereocenters. The largest absolute Gasteiger partial charge is 0.453 e. The van der Waals surface area contributed by atoms with Crippen molar-refractivity contribution in [2.45, 2.75) is 19.3 Å². The highest BCUT2D eigenvalue weighted by molar-refractivity contribution is 5.83. The summed E-state index contributed by atoms with van der Waals surface area (Å²) in [6.07, 6.45) is 0.518. The number of nitrogens with zero attached hydrogens (tertiary/aromatic N) is 2. The molecule has 1 aromatic carbocycles. The summed E-state index contributed by atoms with van der Waals surface area (Å²) in [6, 6.07) is 9.89. The second-order valence-corrected chi connectivity index (χ2v) is 5.96. The minimum Gasteiger partial charge on any atom is -0.453 e. The first-order valence-electron chi connectivity index (χ1n) is 8.53. The van der Waals surface area contributed by atoms with Crippen molar-refractivity contribution in [1.29, 1.82) is 0 Å². The highest BCUT2D eigenvalue weighted by atomic mass is 16.5. The maximum Gasteiger partial charge on any atom is 0.409 e. The highest BCUT2D eigenvalue weighted by Gasteiger charge is 2.22.